The first-order valence-electron chi connectivity index (χ1n) is 11.0. The second kappa shape index (κ2) is 10.5. The van der Waals surface area contributed by atoms with Crippen LogP contribution in [0.5, 0.6) is 11.5 Å². The van der Waals surface area contributed by atoms with Gasteiger partial charge in [0.15, 0.2) is 0 Å². The van der Waals surface area contributed by atoms with E-state index in [2.05, 4.69) is 17.2 Å². The van der Waals surface area contributed by atoms with E-state index in [1.807, 2.05) is 65.2 Å². The molecule has 0 spiro atoms. The van der Waals surface area contributed by atoms with Crippen molar-refractivity contribution in [2.45, 2.75) is 32.6 Å². The average Bonchev–Trinajstić information content (AvgIpc) is 3.23. The molecule has 1 amide bonds. The number of imidazole rings is 1. The number of hydrogen-bond acceptors (Lipinski definition) is 4. The number of anilines is 1. The Kier molecular flexibility index (Phi) is 7.02. The van der Waals surface area contributed by atoms with Crippen molar-refractivity contribution in [1.29, 1.82) is 0 Å². The smallest absolute Gasteiger partial charge is 0.417 e. The summed E-state index contributed by atoms with van der Waals surface area (Å²) in [5.41, 5.74) is 3.47. The fraction of sp³-hybridized carbons (Fsp3) is 0.231. The molecule has 1 N–H and O–H groups in total. The molecule has 0 aliphatic rings. The van der Waals surface area contributed by atoms with Crippen molar-refractivity contribution in [2.24, 2.45) is 0 Å². The van der Waals surface area contributed by atoms with Crippen molar-refractivity contribution < 1.29 is 14.3 Å². The van der Waals surface area contributed by atoms with Gasteiger partial charge in [0, 0.05) is 17.4 Å². The Hall–Kier alpha value is -3.80. The number of aromatic nitrogens is 2. The zero-order valence-electron chi connectivity index (χ0n) is 18.2. The molecule has 6 heteroatoms. The molecular formula is C26H27N3O3. The first-order chi connectivity index (χ1) is 15.7. The number of hydrogen-bond donors (Lipinski definition) is 1. The second-order valence-electron chi connectivity index (χ2n) is 7.55. The highest BCUT2D eigenvalue weighted by Gasteiger charge is 2.08. The molecule has 0 aliphatic carbocycles. The highest BCUT2D eigenvalue weighted by atomic mass is 16.6. The van der Waals surface area contributed by atoms with Crippen molar-refractivity contribution in [3.63, 3.8) is 0 Å². The Morgan fingerprint density at radius 1 is 0.938 bits per heavy atom. The summed E-state index contributed by atoms with van der Waals surface area (Å²) >= 11 is 0. The van der Waals surface area contributed by atoms with Gasteiger partial charge in [0.2, 0.25) is 0 Å². The molecule has 4 rings (SSSR count). The lowest BCUT2D eigenvalue weighted by Crippen LogP contribution is -2.16. The van der Waals surface area contributed by atoms with E-state index in [0.717, 1.165) is 35.5 Å². The average molecular weight is 430 g/mol. The number of rotatable bonds is 9. The van der Waals surface area contributed by atoms with Gasteiger partial charge in [0.1, 0.15) is 17.8 Å². The molecule has 0 saturated carbocycles. The van der Waals surface area contributed by atoms with Crippen molar-refractivity contribution in [3.05, 3.63) is 79.1 Å². The summed E-state index contributed by atoms with van der Waals surface area (Å²) in [6.07, 6.45) is 6.00. The molecule has 164 valence electrons. The van der Waals surface area contributed by atoms with Crippen molar-refractivity contribution >= 4 is 22.8 Å². The third kappa shape index (κ3) is 5.46. The van der Waals surface area contributed by atoms with Crippen LogP contribution in [0.3, 0.4) is 0 Å². The summed E-state index contributed by atoms with van der Waals surface area (Å²) in [5.74, 6) is 1.34. The minimum Gasteiger partial charge on any atom is -0.494 e. The number of para-hydroxylation sites is 1. The monoisotopic (exact) mass is 429 g/mol. The molecule has 0 saturated heterocycles. The van der Waals surface area contributed by atoms with Crippen molar-refractivity contribution in [2.75, 3.05) is 11.9 Å². The Morgan fingerprint density at radius 2 is 1.75 bits per heavy atom. The number of ether oxygens (including phenoxy) is 2. The molecule has 0 fully saturated rings. The fourth-order valence-electron chi connectivity index (χ4n) is 3.45. The van der Waals surface area contributed by atoms with Gasteiger partial charge in [-0.25, -0.2) is 9.78 Å². The summed E-state index contributed by atoms with van der Waals surface area (Å²) in [6, 6.07) is 22.5. The lowest BCUT2D eigenvalue weighted by atomic mass is 10.2. The fourth-order valence-corrected chi connectivity index (χ4v) is 3.45. The second-order valence-corrected chi connectivity index (χ2v) is 7.55. The molecule has 0 bridgehead atoms. The molecule has 0 unspecified atom stereocenters. The predicted molar refractivity (Wildman–Crippen MR) is 127 cm³/mol. The highest BCUT2D eigenvalue weighted by Crippen LogP contribution is 2.24. The number of unbranched alkanes of at least 4 members (excludes halogenated alkanes) is 3. The zero-order valence-corrected chi connectivity index (χ0v) is 18.2. The molecule has 0 aliphatic heterocycles. The SMILES string of the molecule is CCCCCCOc1ccc2c(c1)ncn2-c1ccc(NC(=O)Oc2ccccc2)cc1. The summed E-state index contributed by atoms with van der Waals surface area (Å²) < 4.78 is 13.1. The third-order valence-corrected chi connectivity index (χ3v) is 5.13. The van der Waals surface area contributed by atoms with E-state index < -0.39 is 6.09 Å². The van der Waals surface area contributed by atoms with E-state index in [9.17, 15) is 4.79 Å². The van der Waals surface area contributed by atoms with Crippen LogP contribution < -0.4 is 14.8 Å². The van der Waals surface area contributed by atoms with Gasteiger partial charge in [-0.3, -0.25) is 9.88 Å². The zero-order chi connectivity index (χ0) is 22.2. The lowest BCUT2D eigenvalue weighted by molar-refractivity contribution is 0.215. The van der Waals surface area contributed by atoms with Crippen LogP contribution >= 0.6 is 0 Å². The van der Waals surface area contributed by atoms with E-state index >= 15 is 0 Å². The van der Waals surface area contributed by atoms with Gasteiger partial charge in [0.25, 0.3) is 0 Å². The van der Waals surface area contributed by atoms with E-state index in [1.165, 1.54) is 19.3 Å². The van der Waals surface area contributed by atoms with E-state index in [1.54, 1.807) is 18.5 Å². The van der Waals surface area contributed by atoms with Gasteiger partial charge >= 0.3 is 6.09 Å². The van der Waals surface area contributed by atoms with Crippen LogP contribution in [-0.4, -0.2) is 22.3 Å². The largest absolute Gasteiger partial charge is 0.494 e. The van der Waals surface area contributed by atoms with Gasteiger partial charge < -0.3 is 9.47 Å². The molecule has 1 heterocycles. The summed E-state index contributed by atoms with van der Waals surface area (Å²) in [7, 11) is 0. The topological polar surface area (TPSA) is 65.4 Å². The Labute approximate surface area is 187 Å². The van der Waals surface area contributed by atoms with E-state index in [0.29, 0.717) is 11.4 Å². The minimum atomic E-state index is -0.528. The molecule has 1 aromatic heterocycles. The van der Waals surface area contributed by atoms with Crippen molar-refractivity contribution in [1.82, 2.24) is 9.55 Å². The summed E-state index contributed by atoms with van der Waals surface area (Å²) in [5, 5.41) is 2.74. The number of nitrogens with zero attached hydrogens (tertiary/aromatic N) is 2. The normalized spacial score (nSPS) is 10.8. The predicted octanol–water partition coefficient (Wildman–Crippen LogP) is 6.60. The molecule has 3 aromatic carbocycles. The number of carbonyl (C=O) groups is 1. The number of amides is 1. The molecule has 6 nitrogen and oxygen atoms in total. The molecule has 0 radical (unpaired) electrons. The van der Waals surface area contributed by atoms with Crippen LogP contribution in [0.4, 0.5) is 10.5 Å². The quantitative estimate of drug-likeness (QED) is 0.305. The number of benzene rings is 3. The van der Waals surface area contributed by atoms with Gasteiger partial charge in [0.05, 0.1) is 17.6 Å². The van der Waals surface area contributed by atoms with E-state index in [-0.39, 0.29) is 0 Å². The van der Waals surface area contributed by atoms with Crippen LogP contribution in [0, 0.1) is 0 Å². The van der Waals surface area contributed by atoms with Gasteiger partial charge in [-0.05, 0) is 55.0 Å². The Bertz CT molecular complexity index is 1150. The molecule has 4 aromatic rings. The maximum Gasteiger partial charge on any atom is 0.417 e. The van der Waals surface area contributed by atoms with Crippen LogP contribution in [0.2, 0.25) is 0 Å². The maximum absolute atomic E-state index is 12.1. The van der Waals surface area contributed by atoms with Gasteiger partial charge in [-0.1, -0.05) is 44.4 Å². The first kappa shape index (κ1) is 21.4. The van der Waals surface area contributed by atoms with Crippen LogP contribution in [-0.2, 0) is 0 Å². The number of carbonyl (C=O) groups excluding carboxylic acids is 1. The first-order valence-corrected chi connectivity index (χ1v) is 11.0. The number of fused-ring (bicyclic) bond motifs is 1. The molecule has 0 atom stereocenters. The standard InChI is InChI=1S/C26H27N3O3/c1-2-3-4-8-17-31-23-15-16-25-24(18-23)27-19-29(25)21-13-11-20(12-14-21)28-26(30)32-22-9-6-5-7-10-22/h5-7,9-16,18-19H,2-4,8,17H2,1H3,(H,28,30). The molecular weight excluding hydrogens is 402 g/mol. The summed E-state index contributed by atoms with van der Waals surface area (Å²) in [4.78, 5) is 16.6. The maximum atomic E-state index is 12.1. The van der Waals surface area contributed by atoms with E-state index in [4.69, 9.17) is 9.47 Å². The van der Waals surface area contributed by atoms with Crippen LogP contribution in [0.25, 0.3) is 16.7 Å². The highest BCUT2D eigenvalue weighted by molar-refractivity contribution is 5.86. The number of nitrogens with one attached hydrogen (secondary N) is 1. The summed E-state index contributed by atoms with van der Waals surface area (Å²) in [6.45, 7) is 2.93. The van der Waals surface area contributed by atoms with Gasteiger partial charge in [-0.2, -0.15) is 0 Å². The third-order valence-electron chi connectivity index (χ3n) is 5.13. The van der Waals surface area contributed by atoms with Gasteiger partial charge in [-0.15, -0.1) is 0 Å². The van der Waals surface area contributed by atoms with Crippen LogP contribution in [0.1, 0.15) is 32.6 Å². The Morgan fingerprint density at radius 3 is 2.53 bits per heavy atom. The lowest BCUT2D eigenvalue weighted by Gasteiger charge is -2.09. The van der Waals surface area contributed by atoms with Crippen LogP contribution in [0.15, 0.2) is 79.1 Å². The van der Waals surface area contributed by atoms with Crippen molar-refractivity contribution in [3.8, 4) is 17.2 Å². The minimum absolute atomic E-state index is 0.496. The molecule has 32 heavy (non-hydrogen) atoms. The Balaban J connectivity index is 1.39.